The van der Waals surface area contributed by atoms with E-state index in [1.807, 2.05) is 0 Å². The van der Waals surface area contributed by atoms with Crippen LogP contribution in [0.5, 0.6) is 0 Å². The molecule has 0 radical (unpaired) electrons. The fourth-order valence-electron chi connectivity index (χ4n) is 0.351. The normalized spacial score (nSPS) is 11.0. The molecule has 0 unspecified atom stereocenters. The van der Waals surface area contributed by atoms with Crippen molar-refractivity contribution in [3.05, 3.63) is 0 Å². The van der Waals surface area contributed by atoms with Gasteiger partial charge in [0.15, 0.2) is 5.78 Å². The number of halogens is 2. The van der Waals surface area contributed by atoms with Gasteiger partial charge in [-0.25, -0.2) is 0 Å². The Bertz CT molecular complexity index is 204. The van der Waals surface area contributed by atoms with Crippen LogP contribution in [0.15, 0.2) is 5.16 Å². The Kier molecular flexibility index (Phi) is 5.06. The van der Waals surface area contributed by atoms with Crippen LogP contribution in [0.4, 0.5) is 0 Å². The fraction of sp³-hybridized carbons (Fsp3) is 0.400. The topological polar surface area (TPSA) is 55.7 Å². The molecule has 0 spiro atoms. The maximum Gasteiger partial charge on any atom is 0.277 e. The van der Waals surface area contributed by atoms with E-state index in [0.29, 0.717) is 0 Å². The van der Waals surface area contributed by atoms with Crippen molar-refractivity contribution < 1.29 is 14.4 Å². The van der Waals surface area contributed by atoms with Gasteiger partial charge in [-0.3, -0.25) is 9.59 Å². The molecule has 6 heteroatoms. The lowest BCUT2D eigenvalue weighted by Gasteiger charge is -1.94. The zero-order valence-electron chi connectivity index (χ0n) is 5.63. The van der Waals surface area contributed by atoms with Crippen LogP contribution in [-0.2, 0) is 14.4 Å². The average Bonchev–Trinajstić information content (AvgIpc) is 1.98. The Morgan fingerprint density at radius 1 is 1.64 bits per heavy atom. The van der Waals surface area contributed by atoms with E-state index in [2.05, 4.69) is 25.9 Å². The van der Waals surface area contributed by atoms with E-state index < -0.39 is 16.7 Å². The number of ketones is 1. The second kappa shape index (κ2) is 5.26. The molecule has 0 amide bonds. The van der Waals surface area contributed by atoms with Crippen molar-refractivity contribution in [3.63, 3.8) is 0 Å². The summed E-state index contributed by atoms with van der Waals surface area (Å²) in [5, 5.41) is 2.22. The van der Waals surface area contributed by atoms with Gasteiger partial charge in [-0.15, -0.1) is 0 Å². The van der Waals surface area contributed by atoms with Crippen LogP contribution in [0.3, 0.4) is 0 Å². The Morgan fingerprint density at radius 3 is 2.45 bits per heavy atom. The van der Waals surface area contributed by atoms with Crippen LogP contribution in [0.25, 0.3) is 0 Å². The maximum absolute atomic E-state index is 10.8. The quantitative estimate of drug-likeness (QED) is 0.240. The van der Waals surface area contributed by atoms with Crippen molar-refractivity contribution in [2.24, 2.45) is 5.16 Å². The minimum atomic E-state index is -0.920. The van der Waals surface area contributed by atoms with Gasteiger partial charge in [0.05, 0.1) is 5.33 Å². The van der Waals surface area contributed by atoms with Crippen LogP contribution in [0, 0.1) is 0 Å². The first kappa shape index (κ1) is 10.6. The molecular formula is C5H5BrClNO3. The van der Waals surface area contributed by atoms with E-state index >= 15 is 0 Å². The largest absolute Gasteiger partial charge is 0.398 e. The minimum absolute atomic E-state index is 0.00630. The Labute approximate surface area is 76.7 Å². The summed E-state index contributed by atoms with van der Waals surface area (Å²) in [5.74, 6) is -0.508. The van der Waals surface area contributed by atoms with Gasteiger partial charge < -0.3 is 4.84 Å². The molecule has 0 heterocycles. The molecule has 62 valence electrons. The molecule has 0 aliphatic carbocycles. The van der Waals surface area contributed by atoms with Crippen LogP contribution < -0.4 is 0 Å². The summed E-state index contributed by atoms with van der Waals surface area (Å²) in [6.07, 6.45) is 0. The molecule has 4 nitrogen and oxygen atoms in total. The second-order valence-electron chi connectivity index (χ2n) is 1.45. The van der Waals surface area contributed by atoms with Crippen LogP contribution in [-0.4, -0.2) is 29.2 Å². The zero-order valence-corrected chi connectivity index (χ0v) is 7.98. The predicted octanol–water partition coefficient (Wildman–Crippen LogP) is 0.718. The molecule has 11 heavy (non-hydrogen) atoms. The molecule has 0 aliphatic heterocycles. The molecule has 0 bridgehead atoms. The maximum atomic E-state index is 10.8. The Hall–Kier alpha value is -0.420. The molecule has 0 rings (SSSR count). The summed E-state index contributed by atoms with van der Waals surface area (Å²) < 4.78 is 0. The number of oxime groups is 1. The number of hydrogen-bond acceptors (Lipinski definition) is 4. The van der Waals surface area contributed by atoms with Gasteiger partial charge in [0.25, 0.3) is 5.24 Å². The molecule has 0 N–H and O–H groups in total. The second-order valence-corrected chi connectivity index (χ2v) is 2.36. The monoisotopic (exact) mass is 241 g/mol. The van der Waals surface area contributed by atoms with E-state index in [0.717, 1.165) is 0 Å². The highest BCUT2D eigenvalue weighted by atomic mass is 79.9. The number of rotatable bonds is 4. The van der Waals surface area contributed by atoms with Crippen molar-refractivity contribution in [1.82, 2.24) is 0 Å². The number of Topliss-reactive ketones (excluding diaryl/α,β-unsaturated/α-hetero) is 1. The summed E-state index contributed by atoms with van der Waals surface area (Å²) in [4.78, 5) is 25.5. The van der Waals surface area contributed by atoms with Gasteiger partial charge in [0.2, 0.25) is 5.71 Å². The number of carbonyl (C=O) groups excluding carboxylic acids is 2. The number of nitrogens with zero attached hydrogens (tertiary/aromatic N) is 1. The van der Waals surface area contributed by atoms with Crippen LogP contribution in [0.2, 0.25) is 0 Å². The first-order valence-corrected chi connectivity index (χ1v) is 4.03. The lowest BCUT2D eigenvalue weighted by atomic mass is 10.3. The lowest BCUT2D eigenvalue weighted by molar-refractivity contribution is -0.112. The standard InChI is InChI=1S/C5H5BrClNO3/c1-11-8-4(5(7)10)3(9)2-6/h2H2,1H3/b8-4-. The van der Waals surface area contributed by atoms with E-state index in [4.69, 9.17) is 11.6 Å². The van der Waals surface area contributed by atoms with Gasteiger partial charge in [-0.1, -0.05) is 21.1 Å². The molecule has 0 aromatic carbocycles. The van der Waals surface area contributed by atoms with Gasteiger partial charge in [0.1, 0.15) is 7.11 Å². The summed E-state index contributed by atoms with van der Waals surface area (Å²) in [5.41, 5.74) is -0.397. The highest BCUT2D eigenvalue weighted by molar-refractivity contribution is 9.09. The number of carbonyl (C=O) groups is 2. The Balaban J connectivity index is 4.48. The lowest BCUT2D eigenvalue weighted by Crippen LogP contribution is -2.21. The van der Waals surface area contributed by atoms with E-state index in [1.165, 1.54) is 7.11 Å². The van der Waals surface area contributed by atoms with E-state index in [-0.39, 0.29) is 5.33 Å². The van der Waals surface area contributed by atoms with Gasteiger partial charge in [-0.2, -0.15) is 0 Å². The number of alkyl halides is 1. The van der Waals surface area contributed by atoms with E-state index in [9.17, 15) is 9.59 Å². The SMILES string of the molecule is CO/N=C(\C(=O)Cl)C(=O)CBr. The molecular weight excluding hydrogens is 237 g/mol. The average molecular weight is 242 g/mol. The Morgan fingerprint density at radius 2 is 2.18 bits per heavy atom. The molecule has 0 fully saturated rings. The summed E-state index contributed by atoms with van der Waals surface area (Å²) in [6.45, 7) is 0. The van der Waals surface area contributed by atoms with Crippen molar-refractivity contribution in [3.8, 4) is 0 Å². The van der Waals surface area contributed by atoms with Crippen molar-refractivity contribution in [2.75, 3.05) is 12.4 Å². The first-order valence-electron chi connectivity index (χ1n) is 2.53. The summed E-state index contributed by atoms with van der Waals surface area (Å²) in [7, 11) is 1.22. The molecule has 0 atom stereocenters. The smallest absolute Gasteiger partial charge is 0.277 e. The third-order valence-corrected chi connectivity index (χ3v) is 1.44. The predicted molar refractivity (Wildman–Crippen MR) is 44.1 cm³/mol. The van der Waals surface area contributed by atoms with Crippen LogP contribution in [0.1, 0.15) is 0 Å². The third-order valence-electron chi connectivity index (χ3n) is 0.754. The molecule has 0 aromatic heterocycles. The van der Waals surface area contributed by atoms with Crippen LogP contribution >= 0.6 is 27.5 Å². The van der Waals surface area contributed by atoms with Gasteiger partial charge in [0, 0.05) is 0 Å². The zero-order chi connectivity index (χ0) is 8.85. The summed E-state index contributed by atoms with van der Waals surface area (Å²) in [6, 6.07) is 0. The molecule has 0 aliphatic rings. The summed E-state index contributed by atoms with van der Waals surface area (Å²) >= 11 is 7.86. The van der Waals surface area contributed by atoms with Crippen molar-refractivity contribution in [1.29, 1.82) is 0 Å². The van der Waals surface area contributed by atoms with E-state index in [1.54, 1.807) is 0 Å². The highest BCUT2D eigenvalue weighted by Crippen LogP contribution is 1.93. The third kappa shape index (κ3) is 3.48. The number of hydrogen-bond donors (Lipinski definition) is 0. The fourth-order valence-corrected chi connectivity index (χ4v) is 0.756. The highest BCUT2D eigenvalue weighted by Gasteiger charge is 2.17. The first-order chi connectivity index (χ1) is 5.13. The molecule has 0 aromatic rings. The molecule has 0 saturated carbocycles. The molecule has 0 saturated heterocycles. The van der Waals surface area contributed by atoms with Crippen molar-refractivity contribution >= 4 is 44.3 Å². The van der Waals surface area contributed by atoms with Crippen molar-refractivity contribution in [2.45, 2.75) is 0 Å². The van der Waals surface area contributed by atoms with Gasteiger partial charge >= 0.3 is 0 Å². The van der Waals surface area contributed by atoms with Gasteiger partial charge in [-0.05, 0) is 11.6 Å². The minimum Gasteiger partial charge on any atom is -0.398 e.